The SMILES string of the molecule is CCCN(Cc1ccc(OCCn2c(O)ccc2O)c(Cl)c1)C(CC(=O)O)c1ccc(Cl)c(Cl)c1. The van der Waals surface area contributed by atoms with Gasteiger partial charge in [-0.25, -0.2) is 0 Å². The summed E-state index contributed by atoms with van der Waals surface area (Å²) in [6.45, 7) is 3.60. The van der Waals surface area contributed by atoms with Gasteiger partial charge < -0.3 is 20.1 Å². The van der Waals surface area contributed by atoms with Crippen LogP contribution < -0.4 is 4.74 Å². The zero-order valence-corrected chi connectivity index (χ0v) is 21.4. The number of carboxylic acid groups (broad SMARTS) is 1. The normalized spacial score (nSPS) is 12.1. The molecule has 0 fully saturated rings. The fourth-order valence-corrected chi connectivity index (χ4v) is 4.46. The Morgan fingerprint density at radius 2 is 1.71 bits per heavy atom. The number of carboxylic acids is 1. The molecule has 0 saturated heterocycles. The quantitative estimate of drug-likeness (QED) is 0.247. The molecule has 3 rings (SSSR count). The molecule has 0 bridgehead atoms. The van der Waals surface area contributed by atoms with Gasteiger partial charge in [-0.15, -0.1) is 0 Å². The Morgan fingerprint density at radius 3 is 2.31 bits per heavy atom. The van der Waals surface area contributed by atoms with Crippen LogP contribution in [0.15, 0.2) is 48.5 Å². The molecule has 0 spiro atoms. The molecule has 188 valence electrons. The Kier molecular flexibility index (Phi) is 9.57. The monoisotopic (exact) mass is 540 g/mol. The van der Waals surface area contributed by atoms with Gasteiger partial charge in [0.15, 0.2) is 11.8 Å². The number of ether oxygens (including phenoxy) is 1. The van der Waals surface area contributed by atoms with Gasteiger partial charge >= 0.3 is 5.97 Å². The zero-order valence-electron chi connectivity index (χ0n) is 19.1. The van der Waals surface area contributed by atoms with Gasteiger partial charge in [0, 0.05) is 24.7 Å². The molecule has 0 saturated carbocycles. The summed E-state index contributed by atoms with van der Waals surface area (Å²) in [5.41, 5.74) is 1.67. The Balaban J connectivity index is 1.74. The van der Waals surface area contributed by atoms with Crippen molar-refractivity contribution in [3.05, 3.63) is 74.7 Å². The summed E-state index contributed by atoms with van der Waals surface area (Å²) in [7, 11) is 0. The molecule has 0 radical (unpaired) electrons. The first-order chi connectivity index (χ1) is 16.7. The highest BCUT2D eigenvalue weighted by atomic mass is 35.5. The highest BCUT2D eigenvalue weighted by molar-refractivity contribution is 6.42. The highest BCUT2D eigenvalue weighted by Crippen LogP contribution is 2.33. The smallest absolute Gasteiger partial charge is 0.305 e. The van der Waals surface area contributed by atoms with E-state index in [0.717, 1.165) is 17.5 Å². The van der Waals surface area contributed by atoms with E-state index in [9.17, 15) is 20.1 Å². The van der Waals surface area contributed by atoms with Crippen LogP contribution in [0, 0.1) is 0 Å². The van der Waals surface area contributed by atoms with Crippen molar-refractivity contribution in [2.75, 3.05) is 13.2 Å². The summed E-state index contributed by atoms with van der Waals surface area (Å²) in [5.74, 6) is -0.554. The Hall–Kier alpha value is -2.58. The number of aliphatic carboxylic acids is 1. The number of aromatic hydroxyl groups is 2. The van der Waals surface area contributed by atoms with Crippen molar-refractivity contribution in [2.45, 2.75) is 38.9 Å². The van der Waals surface area contributed by atoms with E-state index in [1.54, 1.807) is 30.3 Å². The first-order valence-corrected chi connectivity index (χ1v) is 12.2. The van der Waals surface area contributed by atoms with E-state index in [0.29, 0.717) is 33.9 Å². The van der Waals surface area contributed by atoms with Gasteiger partial charge in [-0.2, -0.15) is 0 Å². The fourth-order valence-electron chi connectivity index (χ4n) is 3.89. The van der Waals surface area contributed by atoms with Gasteiger partial charge in [-0.05, 0) is 48.4 Å². The van der Waals surface area contributed by atoms with Gasteiger partial charge in [0.1, 0.15) is 12.4 Å². The Bertz CT molecular complexity index is 1150. The largest absolute Gasteiger partial charge is 0.494 e. The number of carbonyl (C=O) groups is 1. The van der Waals surface area contributed by atoms with E-state index in [4.69, 9.17) is 39.5 Å². The first kappa shape index (κ1) is 27.0. The van der Waals surface area contributed by atoms with Crippen LogP contribution in [-0.4, -0.2) is 43.9 Å². The molecule has 3 N–H and O–H groups in total. The summed E-state index contributed by atoms with van der Waals surface area (Å²) in [5, 5.41) is 30.2. The second-order valence-electron chi connectivity index (χ2n) is 8.07. The molecule has 0 aliphatic carbocycles. The topological polar surface area (TPSA) is 95.2 Å². The number of rotatable bonds is 12. The van der Waals surface area contributed by atoms with Crippen molar-refractivity contribution in [3.8, 4) is 17.5 Å². The van der Waals surface area contributed by atoms with E-state index in [1.165, 1.54) is 16.7 Å². The van der Waals surface area contributed by atoms with Gasteiger partial charge in [0.25, 0.3) is 0 Å². The lowest BCUT2D eigenvalue weighted by Crippen LogP contribution is -2.31. The molecule has 2 aromatic carbocycles. The Labute approximate surface area is 219 Å². The number of halogens is 3. The molecule has 35 heavy (non-hydrogen) atoms. The molecule has 3 aromatic rings. The maximum atomic E-state index is 11.7. The number of nitrogens with zero attached hydrogens (tertiary/aromatic N) is 2. The predicted molar refractivity (Wildman–Crippen MR) is 137 cm³/mol. The standard InChI is InChI=1S/C25H27Cl3N2O5/c1-2-9-29(21(14-25(33)34)17-4-5-18(26)19(27)13-17)15-16-3-6-22(20(28)12-16)35-11-10-30-23(31)7-8-24(30)32/h3-8,12-13,21,31-32H,2,9-11,14-15H2,1H3,(H,33,34). The van der Waals surface area contributed by atoms with Gasteiger partial charge in [0.05, 0.1) is 28.0 Å². The molecule has 1 unspecified atom stereocenters. The molecular weight excluding hydrogens is 515 g/mol. The molecule has 1 heterocycles. The van der Waals surface area contributed by atoms with Gasteiger partial charge in [0.2, 0.25) is 0 Å². The maximum absolute atomic E-state index is 11.7. The molecule has 0 amide bonds. The molecule has 1 atom stereocenters. The number of aromatic nitrogens is 1. The van der Waals surface area contributed by atoms with E-state index in [2.05, 4.69) is 4.90 Å². The molecule has 0 aliphatic rings. The average Bonchev–Trinajstić information content (AvgIpc) is 3.12. The van der Waals surface area contributed by atoms with Crippen LogP contribution in [0.25, 0.3) is 0 Å². The minimum Gasteiger partial charge on any atom is -0.494 e. The summed E-state index contributed by atoms with van der Waals surface area (Å²) in [4.78, 5) is 13.7. The third kappa shape index (κ3) is 7.21. The summed E-state index contributed by atoms with van der Waals surface area (Å²) in [6, 6.07) is 13.0. The lowest BCUT2D eigenvalue weighted by Gasteiger charge is -2.31. The van der Waals surface area contributed by atoms with Crippen LogP contribution in [0.5, 0.6) is 17.5 Å². The highest BCUT2D eigenvalue weighted by Gasteiger charge is 2.24. The predicted octanol–water partition coefficient (Wildman–Crippen LogP) is 6.37. The molecule has 10 heteroatoms. The molecule has 7 nitrogen and oxygen atoms in total. The summed E-state index contributed by atoms with van der Waals surface area (Å²) in [6.07, 6.45) is 0.734. The van der Waals surface area contributed by atoms with E-state index < -0.39 is 12.0 Å². The van der Waals surface area contributed by atoms with Crippen molar-refractivity contribution >= 4 is 40.8 Å². The molecule has 0 aliphatic heterocycles. The maximum Gasteiger partial charge on any atom is 0.305 e. The average molecular weight is 542 g/mol. The zero-order chi connectivity index (χ0) is 25.5. The fraction of sp³-hybridized carbons (Fsp3) is 0.320. The van der Waals surface area contributed by atoms with Crippen LogP contribution in [0.3, 0.4) is 0 Å². The minimum atomic E-state index is -0.913. The third-order valence-electron chi connectivity index (χ3n) is 5.54. The first-order valence-electron chi connectivity index (χ1n) is 11.1. The number of hydrogen-bond acceptors (Lipinski definition) is 5. The van der Waals surface area contributed by atoms with Crippen LogP contribution in [-0.2, 0) is 17.9 Å². The van der Waals surface area contributed by atoms with Crippen LogP contribution >= 0.6 is 34.8 Å². The second-order valence-corrected chi connectivity index (χ2v) is 9.29. The lowest BCUT2D eigenvalue weighted by molar-refractivity contribution is -0.138. The van der Waals surface area contributed by atoms with Crippen LogP contribution in [0.1, 0.15) is 36.9 Å². The summed E-state index contributed by atoms with van der Waals surface area (Å²) < 4.78 is 7.04. The van der Waals surface area contributed by atoms with E-state index >= 15 is 0 Å². The molecule has 1 aromatic heterocycles. The van der Waals surface area contributed by atoms with E-state index in [-0.39, 0.29) is 31.3 Å². The van der Waals surface area contributed by atoms with Crippen molar-refractivity contribution in [1.82, 2.24) is 9.47 Å². The van der Waals surface area contributed by atoms with Crippen LogP contribution in [0.2, 0.25) is 15.1 Å². The van der Waals surface area contributed by atoms with Crippen molar-refractivity contribution < 1.29 is 24.9 Å². The lowest BCUT2D eigenvalue weighted by atomic mass is 10.0. The minimum absolute atomic E-state index is 0.0542. The number of hydrogen-bond donors (Lipinski definition) is 3. The molecular formula is C25H27Cl3N2O5. The van der Waals surface area contributed by atoms with Gasteiger partial charge in [-0.1, -0.05) is 53.9 Å². The van der Waals surface area contributed by atoms with Crippen LogP contribution in [0.4, 0.5) is 0 Å². The van der Waals surface area contributed by atoms with Gasteiger partial charge in [-0.3, -0.25) is 14.3 Å². The van der Waals surface area contributed by atoms with Crippen molar-refractivity contribution in [3.63, 3.8) is 0 Å². The van der Waals surface area contributed by atoms with E-state index in [1.807, 2.05) is 13.0 Å². The second kappa shape index (κ2) is 12.4. The summed E-state index contributed by atoms with van der Waals surface area (Å²) >= 11 is 18.7. The van der Waals surface area contributed by atoms with Crippen molar-refractivity contribution in [2.24, 2.45) is 0 Å². The van der Waals surface area contributed by atoms with Crippen molar-refractivity contribution in [1.29, 1.82) is 0 Å². The number of benzene rings is 2. The Morgan fingerprint density at radius 1 is 1.00 bits per heavy atom. The third-order valence-corrected chi connectivity index (χ3v) is 6.57.